The largest absolute Gasteiger partial charge is 0.467 e. The molecule has 0 bridgehead atoms. The molecule has 1 fully saturated rings. The lowest BCUT2D eigenvalue weighted by atomic mass is 9.73. The number of hydrogen-bond donors (Lipinski definition) is 3. The van der Waals surface area contributed by atoms with Crippen LogP contribution in [0.3, 0.4) is 0 Å². The standard InChI is InChI=1S/C12H22N2O4/c1-18-10(16)9(15)7-14-11(17)12(8-13)5-3-2-4-6-12/h9,15H,2-8,13H2,1H3,(H,14,17). The maximum atomic E-state index is 12.1. The highest BCUT2D eigenvalue weighted by molar-refractivity contribution is 5.84. The van der Waals surface area contributed by atoms with E-state index in [9.17, 15) is 14.7 Å². The van der Waals surface area contributed by atoms with Crippen molar-refractivity contribution in [3.05, 3.63) is 0 Å². The van der Waals surface area contributed by atoms with E-state index in [1.54, 1.807) is 0 Å². The molecule has 0 aromatic heterocycles. The predicted molar refractivity (Wildman–Crippen MR) is 65.6 cm³/mol. The first-order valence-corrected chi connectivity index (χ1v) is 6.30. The first kappa shape index (κ1) is 14.9. The van der Waals surface area contributed by atoms with Gasteiger partial charge in [0, 0.05) is 6.54 Å². The van der Waals surface area contributed by atoms with E-state index in [1.165, 1.54) is 7.11 Å². The summed E-state index contributed by atoms with van der Waals surface area (Å²) < 4.78 is 4.38. The number of nitrogens with two attached hydrogens (primary N) is 1. The van der Waals surface area contributed by atoms with Gasteiger partial charge in [0.15, 0.2) is 6.10 Å². The summed E-state index contributed by atoms with van der Waals surface area (Å²) in [5.74, 6) is -0.923. The molecule has 1 saturated carbocycles. The Labute approximate surface area is 107 Å². The van der Waals surface area contributed by atoms with Gasteiger partial charge in [-0.25, -0.2) is 4.79 Å². The fourth-order valence-corrected chi connectivity index (χ4v) is 2.35. The third kappa shape index (κ3) is 3.43. The average Bonchev–Trinajstić information content (AvgIpc) is 2.43. The molecule has 4 N–H and O–H groups in total. The van der Waals surface area contributed by atoms with Gasteiger partial charge in [-0.3, -0.25) is 4.79 Å². The molecule has 0 aliphatic heterocycles. The quantitative estimate of drug-likeness (QED) is 0.579. The smallest absolute Gasteiger partial charge is 0.336 e. The van der Waals surface area contributed by atoms with Gasteiger partial charge < -0.3 is 20.9 Å². The summed E-state index contributed by atoms with van der Waals surface area (Å²) in [5, 5.41) is 12.0. The lowest BCUT2D eigenvalue weighted by molar-refractivity contribution is -0.150. The highest BCUT2D eigenvalue weighted by Crippen LogP contribution is 2.35. The Hall–Kier alpha value is -1.14. The summed E-state index contributed by atoms with van der Waals surface area (Å²) in [5.41, 5.74) is 5.18. The van der Waals surface area contributed by atoms with Crippen LogP contribution >= 0.6 is 0 Å². The van der Waals surface area contributed by atoms with Crippen molar-refractivity contribution in [2.24, 2.45) is 11.1 Å². The number of aliphatic hydroxyl groups excluding tert-OH is 1. The van der Waals surface area contributed by atoms with Crippen molar-refractivity contribution in [1.29, 1.82) is 0 Å². The SMILES string of the molecule is COC(=O)C(O)CNC(=O)C1(CN)CCCCC1. The average molecular weight is 258 g/mol. The van der Waals surface area contributed by atoms with Gasteiger partial charge >= 0.3 is 5.97 Å². The van der Waals surface area contributed by atoms with E-state index in [-0.39, 0.29) is 12.5 Å². The van der Waals surface area contributed by atoms with E-state index in [0.717, 1.165) is 32.1 Å². The van der Waals surface area contributed by atoms with Gasteiger partial charge in [-0.05, 0) is 12.8 Å². The number of ether oxygens (including phenoxy) is 1. The number of rotatable bonds is 5. The van der Waals surface area contributed by atoms with E-state index >= 15 is 0 Å². The Morgan fingerprint density at radius 2 is 2.00 bits per heavy atom. The van der Waals surface area contributed by atoms with Crippen LogP contribution < -0.4 is 11.1 Å². The van der Waals surface area contributed by atoms with Crippen molar-refractivity contribution >= 4 is 11.9 Å². The van der Waals surface area contributed by atoms with E-state index in [2.05, 4.69) is 10.1 Å². The minimum Gasteiger partial charge on any atom is -0.467 e. The molecule has 1 aliphatic carbocycles. The van der Waals surface area contributed by atoms with Crippen LogP contribution in [0.25, 0.3) is 0 Å². The molecule has 0 aromatic rings. The second kappa shape index (κ2) is 6.70. The molecule has 1 unspecified atom stereocenters. The van der Waals surface area contributed by atoms with Crippen molar-refractivity contribution in [2.45, 2.75) is 38.2 Å². The van der Waals surface area contributed by atoms with Gasteiger partial charge in [0.2, 0.25) is 5.91 Å². The molecule has 0 saturated heterocycles. The van der Waals surface area contributed by atoms with Crippen LogP contribution in [0.1, 0.15) is 32.1 Å². The first-order chi connectivity index (χ1) is 8.55. The number of carbonyl (C=O) groups is 2. The number of nitrogens with one attached hydrogen (secondary N) is 1. The fraction of sp³-hybridized carbons (Fsp3) is 0.833. The zero-order chi connectivity index (χ0) is 13.6. The molecule has 1 rings (SSSR count). The molecule has 6 nitrogen and oxygen atoms in total. The third-order valence-electron chi connectivity index (χ3n) is 3.61. The zero-order valence-corrected chi connectivity index (χ0v) is 10.8. The molecule has 1 aliphatic rings. The van der Waals surface area contributed by atoms with Crippen molar-refractivity contribution < 1.29 is 19.4 Å². The van der Waals surface area contributed by atoms with E-state index in [4.69, 9.17) is 5.73 Å². The van der Waals surface area contributed by atoms with Crippen LogP contribution in [0.2, 0.25) is 0 Å². The number of hydrogen-bond acceptors (Lipinski definition) is 5. The summed E-state index contributed by atoms with van der Waals surface area (Å²) in [7, 11) is 1.19. The molecule has 6 heteroatoms. The first-order valence-electron chi connectivity index (χ1n) is 6.30. The maximum Gasteiger partial charge on any atom is 0.336 e. The Morgan fingerprint density at radius 1 is 1.39 bits per heavy atom. The molecule has 18 heavy (non-hydrogen) atoms. The van der Waals surface area contributed by atoms with E-state index < -0.39 is 17.5 Å². The Kier molecular flexibility index (Phi) is 5.55. The normalized spacial score (nSPS) is 19.9. The van der Waals surface area contributed by atoms with Crippen molar-refractivity contribution in [2.75, 3.05) is 20.2 Å². The van der Waals surface area contributed by atoms with Crippen molar-refractivity contribution in [3.8, 4) is 0 Å². The summed E-state index contributed by atoms with van der Waals surface area (Å²) >= 11 is 0. The number of esters is 1. The summed E-state index contributed by atoms with van der Waals surface area (Å²) in [4.78, 5) is 23.1. The maximum absolute atomic E-state index is 12.1. The second-order valence-corrected chi connectivity index (χ2v) is 4.79. The molecular formula is C12H22N2O4. The second-order valence-electron chi connectivity index (χ2n) is 4.79. The molecule has 1 atom stereocenters. The van der Waals surface area contributed by atoms with Gasteiger partial charge in [-0.2, -0.15) is 0 Å². The Morgan fingerprint density at radius 3 is 2.50 bits per heavy atom. The molecule has 0 spiro atoms. The third-order valence-corrected chi connectivity index (χ3v) is 3.61. The van der Waals surface area contributed by atoms with E-state index in [1.807, 2.05) is 0 Å². The van der Waals surface area contributed by atoms with Crippen LogP contribution in [0.5, 0.6) is 0 Å². The van der Waals surface area contributed by atoms with Gasteiger partial charge in [-0.1, -0.05) is 19.3 Å². The highest BCUT2D eigenvalue weighted by Gasteiger charge is 2.38. The van der Waals surface area contributed by atoms with E-state index in [0.29, 0.717) is 6.54 Å². The van der Waals surface area contributed by atoms with Crippen molar-refractivity contribution in [3.63, 3.8) is 0 Å². The highest BCUT2D eigenvalue weighted by atomic mass is 16.5. The molecule has 0 aromatic carbocycles. The molecule has 104 valence electrons. The lowest BCUT2D eigenvalue weighted by Gasteiger charge is -2.34. The predicted octanol–water partition coefficient (Wildman–Crippen LogP) is -0.454. The summed E-state index contributed by atoms with van der Waals surface area (Å²) in [6.07, 6.45) is 3.32. The van der Waals surface area contributed by atoms with Crippen LogP contribution in [0.4, 0.5) is 0 Å². The Balaban J connectivity index is 2.50. The van der Waals surface area contributed by atoms with Crippen molar-refractivity contribution in [1.82, 2.24) is 5.32 Å². The molecule has 0 heterocycles. The number of methoxy groups -OCH3 is 1. The van der Waals surface area contributed by atoms with Gasteiger partial charge in [0.1, 0.15) is 0 Å². The van der Waals surface area contributed by atoms with Gasteiger partial charge in [0.05, 0.1) is 19.1 Å². The molecular weight excluding hydrogens is 236 g/mol. The van der Waals surface area contributed by atoms with Crippen LogP contribution in [-0.2, 0) is 14.3 Å². The zero-order valence-electron chi connectivity index (χ0n) is 10.8. The number of amides is 1. The molecule has 0 radical (unpaired) electrons. The summed E-state index contributed by atoms with van der Waals surface area (Å²) in [6.45, 7) is 0.167. The van der Waals surface area contributed by atoms with Crippen LogP contribution in [0, 0.1) is 5.41 Å². The Bertz CT molecular complexity index is 300. The van der Waals surface area contributed by atoms with Gasteiger partial charge in [-0.15, -0.1) is 0 Å². The number of aliphatic hydroxyl groups is 1. The minimum atomic E-state index is -1.32. The number of carbonyl (C=O) groups excluding carboxylic acids is 2. The fourth-order valence-electron chi connectivity index (χ4n) is 2.35. The van der Waals surface area contributed by atoms with Crippen LogP contribution in [0.15, 0.2) is 0 Å². The topological polar surface area (TPSA) is 102 Å². The van der Waals surface area contributed by atoms with Crippen LogP contribution in [-0.4, -0.2) is 43.3 Å². The van der Waals surface area contributed by atoms with Gasteiger partial charge in [0.25, 0.3) is 0 Å². The summed E-state index contributed by atoms with van der Waals surface area (Å²) in [6, 6.07) is 0. The lowest BCUT2D eigenvalue weighted by Crippen LogP contribution is -2.49. The minimum absolute atomic E-state index is 0.132. The monoisotopic (exact) mass is 258 g/mol. The molecule has 1 amide bonds.